The van der Waals surface area contributed by atoms with Gasteiger partial charge < -0.3 is 10.2 Å². The van der Waals surface area contributed by atoms with Gasteiger partial charge in [0.25, 0.3) is 0 Å². The molecular weight excluding hydrogens is 424 g/mol. The van der Waals surface area contributed by atoms with E-state index in [1.54, 1.807) is 30.3 Å². The molecule has 0 spiro atoms. The number of Topliss-reactive ketones (excluding diaryl/α,β-unsaturated/α-hetero) is 1. The van der Waals surface area contributed by atoms with Crippen LogP contribution >= 0.6 is 0 Å². The fraction of sp³-hybridized carbons (Fsp3) is 0.0667. The van der Waals surface area contributed by atoms with Crippen molar-refractivity contribution >= 4 is 17.6 Å². The third kappa shape index (κ3) is 5.48. The van der Waals surface area contributed by atoms with Gasteiger partial charge >= 0.3 is 0 Å². The normalized spacial score (nSPS) is 14.4. The van der Waals surface area contributed by atoms with Crippen LogP contribution in [0.3, 0.4) is 0 Å². The zero-order chi connectivity index (χ0) is 23.9. The Kier molecular flexibility index (Phi) is 6.99. The molecule has 1 atom stereocenters. The van der Waals surface area contributed by atoms with Crippen molar-refractivity contribution in [2.24, 2.45) is 0 Å². The molecule has 1 aliphatic carbocycles. The molecule has 0 amide bonds. The van der Waals surface area contributed by atoms with Crippen LogP contribution in [0.1, 0.15) is 49.7 Å². The fourth-order valence-electron chi connectivity index (χ4n) is 3.97. The van der Waals surface area contributed by atoms with Gasteiger partial charge in [-0.2, -0.15) is 0 Å². The van der Waals surface area contributed by atoms with Gasteiger partial charge in [-0.3, -0.25) is 9.59 Å². The van der Waals surface area contributed by atoms with Gasteiger partial charge in [0.05, 0.1) is 0 Å². The summed E-state index contributed by atoms with van der Waals surface area (Å²) in [5.41, 5.74) is 4.31. The maximum atomic E-state index is 11.9. The molecule has 34 heavy (non-hydrogen) atoms. The third-order valence-electron chi connectivity index (χ3n) is 5.66. The SMILES string of the molecule is O=C(/C=C/c1ccccc1)c1cccc(O)c1.O=C1CC(c2ccccc2)c2ccc(O)cc21. The van der Waals surface area contributed by atoms with E-state index >= 15 is 0 Å². The number of rotatable bonds is 4. The Labute approximate surface area is 198 Å². The largest absolute Gasteiger partial charge is 0.508 e. The smallest absolute Gasteiger partial charge is 0.185 e. The van der Waals surface area contributed by atoms with Crippen LogP contribution < -0.4 is 0 Å². The first-order valence-electron chi connectivity index (χ1n) is 11.0. The highest BCUT2D eigenvalue weighted by Gasteiger charge is 2.30. The molecule has 5 rings (SSSR count). The summed E-state index contributed by atoms with van der Waals surface area (Å²) >= 11 is 0. The van der Waals surface area contributed by atoms with Crippen LogP contribution in [0.4, 0.5) is 0 Å². The van der Waals surface area contributed by atoms with E-state index in [4.69, 9.17) is 0 Å². The number of benzene rings is 4. The first-order valence-corrected chi connectivity index (χ1v) is 11.0. The topological polar surface area (TPSA) is 74.6 Å². The van der Waals surface area contributed by atoms with Crippen molar-refractivity contribution in [1.29, 1.82) is 0 Å². The summed E-state index contributed by atoms with van der Waals surface area (Å²) in [5.74, 6) is 0.392. The lowest BCUT2D eigenvalue weighted by Gasteiger charge is -2.10. The first-order chi connectivity index (χ1) is 16.5. The van der Waals surface area contributed by atoms with Crippen molar-refractivity contribution in [3.63, 3.8) is 0 Å². The molecule has 4 nitrogen and oxygen atoms in total. The number of phenolic OH excluding ortho intramolecular Hbond substituents is 2. The van der Waals surface area contributed by atoms with Crippen molar-refractivity contribution in [1.82, 2.24) is 0 Å². The Morgan fingerprint density at radius 2 is 1.44 bits per heavy atom. The molecule has 1 aliphatic rings. The van der Waals surface area contributed by atoms with Gasteiger partial charge in [0.2, 0.25) is 0 Å². The zero-order valence-electron chi connectivity index (χ0n) is 18.5. The highest BCUT2D eigenvalue weighted by Crippen LogP contribution is 2.39. The van der Waals surface area contributed by atoms with Crippen molar-refractivity contribution in [2.45, 2.75) is 12.3 Å². The van der Waals surface area contributed by atoms with Crippen LogP contribution in [0.2, 0.25) is 0 Å². The lowest BCUT2D eigenvalue weighted by atomic mass is 9.93. The number of fused-ring (bicyclic) bond motifs is 1. The first kappa shape index (κ1) is 22.7. The number of hydrogen-bond acceptors (Lipinski definition) is 4. The standard InChI is InChI=1S/2C15H12O2/c16-11-6-7-12-13(9-15(17)14(12)8-11)10-4-2-1-3-5-10;16-14-8-4-7-13(11-14)15(17)10-9-12-5-2-1-3-6-12/h1-8,13,16H,9H2;1-11,16H/b;10-9+. The predicted octanol–water partition coefficient (Wildman–Crippen LogP) is 6.40. The molecule has 0 aliphatic heterocycles. The summed E-state index contributed by atoms with van der Waals surface area (Å²) in [4.78, 5) is 23.7. The molecule has 0 saturated carbocycles. The number of carbonyl (C=O) groups excluding carboxylic acids is 2. The lowest BCUT2D eigenvalue weighted by molar-refractivity contribution is 0.0990. The number of aromatic hydroxyl groups is 2. The van der Waals surface area contributed by atoms with Gasteiger partial charge in [0, 0.05) is 23.5 Å². The Morgan fingerprint density at radius 1 is 0.765 bits per heavy atom. The van der Waals surface area contributed by atoms with E-state index in [9.17, 15) is 19.8 Å². The second kappa shape index (κ2) is 10.5. The predicted molar refractivity (Wildman–Crippen MR) is 133 cm³/mol. The molecule has 0 radical (unpaired) electrons. The molecule has 168 valence electrons. The minimum atomic E-state index is -0.121. The summed E-state index contributed by atoms with van der Waals surface area (Å²) in [6.07, 6.45) is 3.76. The number of carbonyl (C=O) groups is 2. The molecular formula is C30H24O4. The number of ketones is 2. The highest BCUT2D eigenvalue weighted by atomic mass is 16.3. The van der Waals surface area contributed by atoms with Gasteiger partial charge in [-0.05, 0) is 47.0 Å². The number of phenols is 2. The minimum absolute atomic E-state index is 0.101. The Morgan fingerprint density at radius 3 is 2.15 bits per heavy atom. The van der Waals surface area contributed by atoms with Crippen LogP contribution in [0.25, 0.3) is 6.08 Å². The van der Waals surface area contributed by atoms with Gasteiger partial charge in [-0.25, -0.2) is 0 Å². The maximum Gasteiger partial charge on any atom is 0.185 e. The summed E-state index contributed by atoms with van der Waals surface area (Å²) < 4.78 is 0. The molecule has 1 unspecified atom stereocenters. The quantitative estimate of drug-likeness (QED) is 0.280. The van der Waals surface area contributed by atoms with E-state index < -0.39 is 0 Å². The van der Waals surface area contributed by atoms with Crippen molar-refractivity contribution in [3.8, 4) is 11.5 Å². The van der Waals surface area contributed by atoms with E-state index in [0.717, 1.165) is 16.7 Å². The van der Waals surface area contributed by atoms with Gasteiger partial charge in [0.15, 0.2) is 11.6 Å². The molecule has 2 N–H and O–H groups in total. The van der Waals surface area contributed by atoms with E-state index in [2.05, 4.69) is 0 Å². The van der Waals surface area contributed by atoms with Gasteiger partial charge in [-0.1, -0.05) is 84.9 Å². The monoisotopic (exact) mass is 448 g/mol. The van der Waals surface area contributed by atoms with E-state index in [1.807, 2.05) is 66.7 Å². The second-order valence-corrected chi connectivity index (χ2v) is 8.02. The Hall–Kier alpha value is -4.44. The second-order valence-electron chi connectivity index (χ2n) is 8.02. The van der Waals surface area contributed by atoms with Crippen molar-refractivity contribution in [2.75, 3.05) is 0 Å². The third-order valence-corrected chi connectivity index (χ3v) is 5.66. The average Bonchev–Trinajstić information content (AvgIpc) is 3.19. The van der Waals surface area contributed by atoms with Crippen LogP contribution in [0, 0.1) is 0 Å². The van der Waals surface area contributed by atoms with Crippen LogP contribution in [-0.2, 0) is 0 Å². The van der Waals surface area contributed by atoms with Crippen molar-refractivity contribution in [3.05, 3.63) is 137 Å². The van der Waals surface area contributed by atoms with Crippen LogP contribution in [0.15, 0.2) is 109 Å². The van der Waals surface area contributed by atoms with Gasteiger partial charge in [0.1, 0.15) is 11.5 Å². The van der Waals surface area contributed by atoms with E-state index in [-0.39, 0.29) is 29.0 Å². The average molecular weight is 449 g/mol. The minimum Gasteiger partial charge on any atom is -0.508 e. The van der Waals surface area contributed by atoms with E-state index in [1.165, 1.54) is 18.2 Å². The lowest BCUT2D eigenvalue weighted by Crippen LogP contribution is -1.95. The fourth-order valence-corrected chi connectivity index (χ4v) is 3.97. The highest BCUT2D eigenvalue weighted by molar-refractivity contribution is 6.07. The molecule has 0 fully saturated rings. The molecule has 4 aromatic carbocycles. The van der Waals surface area contributed by atoms with E-state index in [0.29, 0.717) is 17.5 Å². The van der Waals surface area contributed by atoms with Gasteiger partial charge in [-0.15, -0.1) is 0 Å². The molecule has 0 saturated heterocycles. The van der Waals surface area contributed by atoms with Crippen molar-refractivity contribution < 1.29 is 19.8 Å². The maximum absolute atomic E-state index is 11.9. The summed E-state index contributed by atoms with van der Waals surface area (Å²) in [5, 5.41) is 18.7. The van der Waals surface area contributed by atoms with Crippen LogP contribution in [0.5, 0.6) is 11.5 Å². The Bertz CT molecular complexity index is 1320. The molecule has 0 heterocycles. The summed E-state index contributed by atoms with van der Waals surface area (Å²) in [6, 6.07) is 31.0. The molecule has 0 bridgehead atoms. The molecule has 0 aromatic heterocycles. The Balaban J connectivity index is 0.000000161. The number of hydrogen-bond donors (Lipinski definition) is 2. The summed E-state index contributed by atoms with van der Waals surface area (Å²) in [6.45, 7) is 0. The molecule has 4 aromatic rings. The molecule has 4 heteroatoms. The zero-order valence-corrected chi connectivity index (χ0v) is 18.5. The summed E-state index contributed by atoms with van der Waals surface area (Å²) in [7, 11) is 0. The van der Waals surface area contributed by atoms with Crippen LogP contribution in [-0.4, -0.2) is 21.8 Å². The number of allylic oxidation sites excluding steroid dienone is 1.